The van der Waals surface area contributed by atoms with Crippen LogP contribution < -0.4 is 10.3 Å². The summed E-state index contributed by atoms with van der Waals surface area (Å²) in [6, 6.07) is 10.5. The van der Waals surface area contributed by atoms with Gasteiger partial charge >= 0.3 is 5.97 Å². The number of carbonyl (C=O) groups is 2. The van der Waals surface area contributed by atoms with Crippen molar-refractivity contribution >= 4 is 11.9 Å². The van der Waals surface area contributed by atoms with Gasteiger partial charge in [0, 0.05) is 11.6 Å². The lowest BCUT2D eigenvalue weighted by Gasteiger charge is -2.01. The first-order chi connectivity index (χ1) is 9.60. The van der Waals surface area contributed by atoms with Crippen molar-refractivity contribution in [1.82, 2.24) is 0 Å². The predicted octanol–water partition coefficient (Wildman–Crippen LogP) is 0.908. The fraction of sp³-hybridized carbons (Fsp3) is 0.133. The number of benzene rings is 1. The van der Waals surface area contributed by atoms with Crippen molar-refractivity contribution in [3.63, 3.8) is 0 Å². The van der Waals surface area contributed by atoms with Gasteiger partial charge in [0.2, 0.25) is 0 Å². The standard InChI is InChI=1S/C15H14N2O3/c1-20-15(19)12-6-4-11(5-7-12)9-17-8-2-3-13(10-17)14(16)18/h2-8,10H,9H2,1H3,(H-,16,18)/p+1/i17+1. The zero-order chi connectivity index (χ0) is 14.5. The Morgan fingerprint density at radius 2 is 1.85 bits per heavy atom. The Kier molecular flexibility index (Phi) is 4.10. The summed E-state index contributed by atoms with van der Waals surface area (Å²) in [6.07, 6.45) is 3.54. The van der Waals surface area contributed by atoms with E-state index in [1.165, 1.54) is 7.11 Å². The largest absolute Gasteiger partial charge is 0.465 e. The molecule has 2 aromatic rings. The van der Waals surface area contributed by atoms with Gasteiger partial charge in [-0.05, 0) is 18.2 Å². The van der Waals surface area contributed by atoms with Gasteiger partial charge in [0.1, 0.15) is 5.56 Å². The third kappa shape index (κ3) is 3.20. The van der Waals surface area contributed by atoms with Crippen molar-refractivity contribution in [1.29, 1.82) is 0 Å². The SMILES string of the molecule is COC(=O)c1ccc(C[15n+]2cccc(C(N)=O)c2)cc1. The Morgan fingerprint density at radius 3 is 2.45 bits per heavy atom. The monoisotopic (exact) mass is 272 g/mol. The average molecular weight is 272 g/mol. The minimum absolute atomic E-state index is 0.361. The van der Waals surface area contributed by atoms with Gasteiger partial charge in [-0.2, -0.15) is 4.57 Å². The molecule has 0 radical (unpaired) electrons. The summed E-state index contributed by atoms with van der Waals surface area (Å²) in [4.78, 5) is 22.4. The number of nitrogens with zero attached hydrogens (tertiary/aromatic N) is 1. The van der Waals surface area contributed by atoms with Gasteiger partial charge in [0.25, 0.3) is 5.91 Å². The second kappa shape index (κ2) is 5.97. The van der Waals surface area contributed by atoms with E-state index in [2.05, 4.69) is 4.74 Å². The first kappa shape index (κ1) is 13.7. The molecule has 2 N–H and O–H groups in total. The fourth-order valence-corrected chi connectivity index (χ4v) is 1.84. The van der Waals surface area contributed by atoms with Crippen LogP contribution in [0.15, 0.2) is 48.8 Å². The Morgan fingerprint density at radius 1 is 1.15 bits per heavy atom. The quantitative estimate of drug-likeness (QED) is 0.664. The molecule has 1 aromatic heterocycles. The summed E-state index contributed by atoms with van der Waals surface area (Å²) in [6.45, 7) is 0.586. The van der Waals surface area contributed by atoms with E-state index in [1.807, 2.05) is 22.9 Å². The molecule has 0 saturated carbocycles. The van der Waals surface area contributed by atoms with Crippen LogP contribution in [0.2, 0.25) is 0 Å². The van der Waals surface area contributed by atoms with Crippen molar-refractivity contribution in [3.05, 3.63) is 65.5 Å². The highest BCUT2D eigenvalue weighted by molar-refractivity contribution is 5.92. The number of pyridine rings is 1. The van der Waals surface area contributed by atoms with Crippen LogP contribution in [0, 0.1) is 0 Å². The molecule has 0 atom stereocenters. The molecular formula is C15H15N2O3+. The maximum Gasteiger partial charge on any atom is 0.337 e. The zero-order valence-electron chi connectivity index (χ0n) is 11.1. The number of hydrogen-bond donors (Lipinski definition) is 1. The summed E-state index contributed by atoms with van der Waals surface area (Å²) in [5, 5.41) is 0. The van der Waals surface area contributed by atoms with Gasteiger partial charge in [-0.25, -0.2) is 4.79 Å². The molecule has 0 saturated heterocycles. The number of aromatic nitrogens is 1. The number of hydrogen-bond acceptors (Lipinski definition) is 3. The number of rotatable bonds is 4. The summed E-state index contributed by atoms with van der Waals surface area (Å²) < 4.78 is 6.50. The van der Waals surface area contributed by atoms with Crippen molar-refractivity contribution in [2.24, 2.45) is 5.73 Å². The molecule has 0 spiro atoms. The van der Waals surface area contributed by atoms with Gasteiger partial charge in [-0.15, -0.1) is 0 Å². The van der Waals surface area contributed by atoms with Crippen LogP contribution in [0.5, 0.6) is 0 Å². The third-order valence-corrected chi connectivity index (χ3v) is 2.88. The average Bonchev–Trinajstić information content (AvgIpc) is 2.47. The number of nitrogens with two attached hydrogens (primary N) is 1. The fourth-order valence-electron chi connectivity index (χ4n) is 1.84. The number of primary amides is 1. The minimum atomic E-state index is -0.458. The zero-order valence-corrected chi connectivity index (χ0v) is 11.1. The Balaban J connectivity index is 2.16. The molecule has 2 rings (SSSR count). The van der Waals surface area contributed by atoms with Crippen LogP contribution in [0.4, 0.5) is 0 Å². The van der Waals surface area contributed by atoms with E-state index in [0.717, 1.165) is 5.56 Å². The highest BCUT2D eigenvalue weighted by atomic mass is 16.5. The van der Waals surface area contributed by atoms with Gasteiger partial charge in [-0.3, -0.25) is 4.79 Å². The van der Waals surface area contributed by atoms with E-state index in [-0.39, 0.29) is 5.97 Å². The molecule has 20 heavy (non-hydrogen) atoms. The van der Waals surface area contributed by atoms with Crippen LogP contribution in [-0.2, 0) is 11.3 Å². The number of ether oxygens (including phenoxy) is 1. The summed E-state index contributed by atoms with van der Waals surface area (Å²) in [7, 11) is 1.35. The molecule has 1 amide bonds. The molecule has 0 aliphatic heterocycles. The first-order valence-corrected chi connectivity index (χ1v) is 6.06. The number of carbonyl (C=O) groups excluding carboxylic acids is 2. The van der Waals surface area contributed by atoms with Gasteiger partial charge in [0.05, 0.1) is 12.7 Å². The van der Waals surface area contributed by atoms with E-state index in [4.69, 9.17) is 5.73 Å². The maximum absolute atomic E-state index is 11.3. The Bertz CT molecular complexity index is 636. The smallest absolute Gasteiger partial charge is 0.337 e. The van der Waals surface area contributed by atoms with Crippen molar-refractivity contribution in [3.8, 4) is 0 Å². The van der Waals surface area contributed by atoms with Gasteiger partial charge in [-0.1, -0.05) is 12.1 Å². The molecular weight excluding hydrogens is 257 g/mol. The predicted molar refractivity (Wildman–Crippen MR) is 72.0 cm³/mol. The second-order valence-electron chi connectivity index (χ2n) is 4.32. The minimum Gasteiger partial charge on any atom is -0.465 e. The first-order valence-electron chi connectivity index (χ1n) is 6.06. The number of methoxy groups -OCH3 is 1. The normalized spacial score (nSPS) is 10.1. The van der Waals surface area contributed by atoms with E-state index in [9.17, 15) is 9.59 Å². The lowest BCUT2D eigenvalue weighted by atomic mass is 10.1. The van der Waals surface area contributed by atoms with Crippen LogP contribution in [0.1, 0.15) is 26.3 Å². The van der Waals surface area contributed by atoms with Crippen LogP contribution >= 0.6 is 0 Å². The molecule has 0 aliphatic rings. The molecule has 0 unspecified atom stereocenters. The molecule has 5 heteroatoms. The van der Waals surface area contributed by atoms with Crippen molar-refractivity contribution < 1.29 is 18.9 Å². The van der Waals surface area contributed by atoms with E-state index in [0.29, 0.717) is 17.7 Å². The van der Waals surface area contributed by atoms with Gasteiger partial charge < -0.3 is 10.5 Å². The van der Waals surface area contributed by atoms with Gasteiger partial charge in [0.15, 0.2) is 18.9 Å². The maximum atomic E-state index is 11.3. The van der Waals surface area contributed by atoms with Crippen molar-refractivity contribution in [2.75, 3.05) is 7.11 Å². The topological polar surface area (TPSA) is 73.3 Å². The van der Waals surface area contributed by atoms with Crippen LogP contribution in [0.3, 0.4) is 0 Å². The third-order valence-electron chi connectivity index (χ3n) is 2.88. The Hall–Kier alpha value is -2.69. The second-order valence-corrected chi connectivity index (χ2v) is 4.32. The highest BCUT2D eigenvalue weighted by Gasteiger charge is 2.09. The van der Waals surface area contributed by atoms with Crippen LogP contribution in [0.25, 0.3) is 0 Å². The van der Waals surface area contributed by atoms with Crippen molar-refractivity contribution in [2.45, 2.75) is 6.54 Å². The van der Waals surface area contributed by atoms with Crippen LogP contribution in [-0.4, -0.2) is 19.0 Å². The molecule has 0 fully saturated rings. The lowest BCUT2D eigenvalue weighted by Crippen LogP contribution is -2.35. The summed E-state index contributed by atoms with van der Waals surface area (Å²) >= 11 is 0. The molecule has 1 aromatic carbocycles. The number of esters is 1. The highest BCUT2D eigenvalue weighted by Crippen LogP contribution is 2.05. The van der Waals surface area contributed by atoms with E-state index < -0.39 is 5.91 Å². The van der Waals surface area contributed by atoms with E-state index >= 15 is 0 Å². The molecule has 102 valence electrons. The summed E-state index contributed by atoms with van der Waals surface area (Å²) in [5.74, 6) is -0.819. The lowest BCUT2D eigenvalue weighted by molar-refractivity contribution is -0.688. The molecule has 5 nitrogen and oxygen atoms in total. The van der Waals surface area contributed by atoms with E-state index in [1.54, 1.807) is 30.5 Å². The Labute approximate surface area is 116 Å². The number of amides is 1. The molecule has 0 bridgehead atoms. The summed E-state index contributed by atoms with van der Waals surface area (Å²) in [5.41, 5.74) is 7.21. The molecule has 1 heterocycles. The molecule has 0 aliphatic carbocycles.